The summed E-state index contributed by atoms with van der Waals surface area (Å²) in [5, 5.41) is 2.18. The quantitative estimate of drug-likeness (QED) is 0.381. The summed E-state index contributed by atoms with van der Waals surface area (Å²) >= 11 is 3.98. The van der Waals surface area contributed by atoms with Crippen LogP contribution in [0, 0.1) is 12.3 Å². The Hall–Kier alpha value is -0.660. The van der Waals surface area contributed by atoms with Gasteiger partial charge in [-0.25, -0.2) is 0 Å². The third-order valence-corrected chi connectivity index (χ3v) is 2.62. The number of terminal acetylenes is 1. The summed E-state index contributed by atoms with van der Waals surface area (Å²) < 4.78 is 5.32. The summed E-state index contributed by atoms with van der Waals surface area (Å²) in [5.41, 5.74) is -0.644. The lowest BCUT2D eigenvalue weighted by molar-refractivity contribution is -0.666. The van der Waals surface area contributed by atoms with Crippen LogP contribution in [0.1, 0.15) is 19.3 Å². The predicted octanol–water partition coefficient (Wildman–Crippen LogP) is -0.421. The van der Waals surface area contributed by atoms with Gasteiger partial charge in [0.05, 0.1) is 19.5 Å². The van der Waals surface area contributed by atoms with Crippen molar-refractivity contribution in [1.29, 1.82) is 0 Å². The number of quaternary nitrogens is 1. The second kappa shape index (κ2) is 5.28. The zero-order chi connectivity index (χ0) is 10.4. The zero-order valence-corrected chi connectivity index (χ0v) is 9.06. The Labute approximate surface area is 90.0 Å². The Morgan fingerprint density at radius 1 is 1.57 bits per heavy atom. The van der Waals surface area contributed by atoms with E-state index in [1.54, 1.807) is 0 Å². The van der Waals surface area contributed by atoms with Crippen molar-refractivity contribution in [3.05, 3.63) is 0 Å². The van der Waals surface area contributed by atoms with E-state index in [1.807, 2.05) is 0 Å². The van der Waals surface area contributed by atoms with Gasteiger partial charge in [0.15, 0.2) is 5.60 Å². The molecule has 1 aliphatic rings. The fraction of sp³-hybridized carbons (Fsp3) is 0.700. The van der Waals surface area contributed by atoms with Crippen molar-refractivity contribution in [3.63, 3.8) is 0 Å². The molecule has 14 heavy (non-hydrogen) atoms. The van der Waals surface area contributed by atoms with Crippen LogP contribution in [0.2, 0.25) is 0 Å². The van der Waals surface area contributed by atoms with Gasteiger partial charge in [-0.2, -0.15) is 12.6 Å². The maximum Gasteiger partial charge on any atom is 0.308 e. The highest BCUT2D eigenvalue weighted by molar-refractivity contribution is 7.80. The number of ether oxygens (including phenoxy) is 1. The van der Waals surface area contributed by atoms with Gasteiger partial charge in [0.2, 0.25) is 0 Å². The summed E-state index contributed by atoms with van der Waals surface area (Å²) in [7, 11) is 0. The lowest BCUT2D eigenvalue weighted by Crippen LogP contribution is -2.87. The molecule has 1 saturated heterocycles. The monoisotopic (exact) mass is 214 g/mol. The normalized spacial score (nSPS) is 19.7. The number of carbonyl (C=O) groups is 1. The van der Waals surface area contributed by atoms with E-state index in [2.05, 4.69) is 23.9 Å². The van der Waals surface area contributed by atoms with E-state index in [9.17, 15) is 4.79 Å². The largest absolute Gasteiger partial charge is 0.445 e. The Bertz CT molecular complexity index is 241. The topological polar surface area (TPSA) is 42.9 Å². The van der Waals surface area contributed by atoms with Gasteiger partial charge < -0.3 is 10.1 Å². The molecule has 0 atom stereocenters. The van der Waals surface area contributed by atoms with E-state index in [-0.39, 0.29) is 5.97 Å². The van der Waals surface area contributed by atoms with Crippen LogP contribution < -0.4 is 5.32 Å². The standard InChI is InChI=1S/C10H15NO2S/c1-2-10(4-6-11-7-5-10)13-9(12)3-8-14/h1,11,14H,3-8H2/p+1. The molecule has 0 radical (unpaired) electrons. The summed E-state index contributed by atoms with van der Waals surface area (Å²) in [6.07, 6.45) is 7.26. The highest BCUT2D eigenvalue weighted by atomic mass is 32.1. The number of thiol groups is 1. The highest BCUT2D eigenvalue weighted by Crippen LogP contribution is 2.20. The molecular weight excluding hydrogens is 198 g/mol. The van der Waals surface area contributed by atoms with Crippen molar-refractivity contribution in [3.8, 4) is 12.3 Å². The number of carbonyl (C=O) groups excluding carboxylic acids is 1. The van der Waals surface area contributed by atoms with Crippen LogP contribution in [0.5, 0.6) is 0 Å². The van der Waals surface area contributed by atoms with E-state index in [0.29, 0.717) is 12.2 Å². The van der Waals surface area contributed by atoms with E-state index >= 15 is 0 Å². The van der Waals surface area contributed by atoms with Crippen LogP contribution in [0.15, 0.2) is 0 Å². The minimum atomic E-state index is -0.644. The molecule has 0 aromatic heterocycles. The number of hydrogen-bond donors (Lipinski definition) is 2. The van der Waals surface area contributed by atoms with Crippen LogP contribution in [0.25, 0.3) is 0 Å². The first-order valence-corrected chi connectivity index (χ1v) is 5.48. The average molecular weight is 214 g/mol. The van der Waals surface area contributed by atoms with Gasteiger partial charge in [-0.3, -0.25) is 4.79 Å². The van der Waals surface area contributed by atoms with E-state index < -0.39 is 5.60 Å². The molecular formula is C10H16NO2S+. The molecule has 1 rings (SSSR count). The van der Waals surface area contributed by atoms with Gasteiger partial charge in [0, 0.05) is 18.6 Å². The minimum absolute atomic E-state index is 0.236. The van der Waals surface area contributed by atoms with E-state index in [0.717, 1.165) is 25.9 Å². The number of rotatable bonds is 3. The van der Waals surface area contributed by atoms with Crippen molar-refractivity contribution in [1.82, 2.24) is 0 Å². The molecule has 0 saturated carbocycles. The Morgan fingerprint density at radius 3 is 2.71 bits per heavy atom. The Balaban J connectivity index is 2.52. The number of hydrogen-bond acceptors (Lipinski definition) is 3. The first kappa shape index (κ1) is 11.4. The number of esters is 1. The molecule has 78 valence electrons. The highest BCUT2D eigenvalue weighted by Gasteiger charge is 2.35. The predicted molar refractivity (Wildman–Crippen MR) is 57.0 cm³/mol. The maximum absolute atomic E-state index is 11.3. The third kappa shape index (κ3) is 2.93. The maximum atomic E-state index is 11.3. The van der Waals surface area contributed by atoms with Gasteiger partial charge in [-0.15, -0.1) is 6.42 Å². The fourth-order valence-corrected chi connectivity index (χ4v) is 1.76. The molecule has 4 heteroatoms. The van der Waals surface area contributed by atoms with Crippen molar-refractivity contribution in [2.24, 2.45) is 0 Å². The zero-order valence-electron chi connectivity index (χ0n) is 8.16. The molecule has 1 heterocycles. The van der Waals surface area contributed by atoms with Crippen molar-refractivity contribution in [2.45, 2.75) is 24.9 Å². The minimum Gasteiger partial charge on any atom is -0.445 e. The van der Waals surface area contributed by atoms with Gasteiger partial charge in [0.1, 0.15) is 0 Å². The molecule has 0 spiro atoms. The van der Waals surface area contributed by atoms with Crippen LogP contribution in [-0.4, -0.2) is 30.4 Å². The SMILES string of the molecule is C#CC1(OC(=O)CCS)CC[NH2+]CC1. The molecule has 0 aromatic carbocycles. The average Bonchev–Trinajstić information content (AvgIpc) is 2.19. The van der Waals surface area contributed by atoms with Gasteiger partial charge in [-0.05, 0) is 0 Å². The first-order valence-electron chi connectivity index (χ1n) is 4.84. The van der Waals surface area contributed by atoms with Crippen LogP contribution in [0.3, 0.4) is 0 Å². The molecule has 2 N–H and O–H groups in total. The third-order valence-electron chi connectivity index (χ3n) is 2.39. The fourth-order valence-electron chi connectivity index (χ4n) is 1.58. The van der Waals surface area contributed by atoms with Crippen molar-refractivity contribution in [2.75, 3.05) is 18.8 Å². The molecule has 0 aliphatic carbocycles. The van der Waals surface area contributed by atoms with E-state index in [4.69, 9.17) is 11.2 Å². The molecule has 0 amide bonds. The number of nitrogens with two attached hydrogens (primary N) is 1. The molecule has 0 aromatic rings. The first-order chi connectivity index (χ1) is 6.72. The molecule has 0 bridgehead atoms. The Morgan fingerprint density at radius 2 is 2.21 bits per heavy atom. The smallest absolute Gasteiger partial charge is 0.308 e. The van der Waals surface area contributed by atoms with Crippen LogP contribution in [0.4, 0.5) is 0 Å². The molecule has 1 fully saturated rings. The molecule has 3 nitrogen and oxygen atoms in total. The second-order valence-electron chi connectivity index (χ2n) is 3.45. The van der Waals surface area contributed by atoms with Gasteiger partial charge in [0.25, 0.3) is 0 Å². The Kier molecular flexibility index (Phi) is 4.30. The van der Waals surface area contributed by atoms with Gasteiger partial charge in [-0.1, -0.05) is 5.92 Å². The molecule has 0 unspecified atom stereocenters. The summed E-state index contributed by atoms with van der Waals surface area (Å²) in [4.78, 5) is 11.3. The number of piperidine rings is 1. The molecule has 1 aliphatic heterocycles. The summed E-state index contributed by atoms with van der Waals surface area (Å²) in [6.45, 7) is 1.86. The van der Waals surface area contributed by atoms with E-state index in [1.165, 1.54) is 0 Å². The van der Waals surface area contributed by atoms with Crippen molar-refractivity contribution < 1.29 is 14.8 Å². The van der Waals surface area contributed by atoms with Crippen LogP contribution in [-0.2, 0) is 9.53 Å². The second-order valence-corrected chi connectivity index (χ2v) is 3.90. The lowest BCUT2D eigenvalue weighted by atomic mass is 9.93. The van der Waals surface area contributed by atoms with Crippen molar-refractivity contribution >= 4 is 18.6 Å². The summed E-state index contributed by atoms with van der Waals surface area (Å²) in [5.74, 6) is 2.89. The summed E-state index contributed by atoms with van der Waals surface area (Å²) in [6, 6.07) is 0. The van der Waals surface area contributed by atoms with Crippen LogP contribution >= 0.6 is 12.6 Å². The van der Waals surface area contributed by atoms with Gasteiger partial charge >= 0.3 is 5.97 Å². The lowest BCUT2D eigenvalue weighted by Gasteiger charge is -2.30.